The first kappa shape index (κ1) is 30.2. The number of hydrogen-bond donors (Lipinski definition) is 3. The lowest BCUT2D eigenvalue weighted by molar-refractivity contribution is -0.117. The molecule has 3 rings (SSSR count). The van der Waals surface area contributed by atoms with Crippen LogP contribution in [0.2, 0.25) is 0 Å². The predicted molar refractivity (Wildman–Crippen MR) is 151 cm³/mol. The summed E-state index contributed by atoms with van der Waals surface area (Å²) in [4.78, 5) is 32.7. The molecule has 0 atom stereocenters. The second kappa shape index (κ2) is 12.2. The van der Waals surface area contributed by atoms with Gasteiger partial charge in [-0.05, 0) is 56.2 Å². The van der Waals surface area contributed by atoms with Gasteiger partial charge in [0.05, 0.1) is 29.0 Å². The number of aryl methyl sites for hydroxylation is 2. The standard InChI is InChI=1S/C26H32N4O7S2/c1-5-30(13-11-28-38(4,33)34)19-9-10-22(18(3)15-19)29-23-16-21(26(32)27-12-14-39(35,36)37)25(31)20-8-6-7-17(2)24(20)23/h6-10,15-16,28H,5,11-14H2,1-4H3,(H,27,32)(H,35,36,37). The maximum Gasteiger partial charge on any atom is 0.266 e. The monoisotopic (exact) mass is 576 g/mol. The van der Waals surface area contributed by atoms with Gasteiger partial charge < -0.3 is 10.2 Å². The van der Waals surface area contributed by atoms with Gasteiger partial charge in [-0.25, -0.2) is 18.1 Å². The molecular formula is C26H32N4O7S2. The predicted octanol–water partition coefficient (Wildman–Crippen LogP) is 1.93. The molecule has 0 aromatic heterocycles. The van der Waals surface area contributed by atoms with E-state index in [2.05, 4.69) is 10.0 Å². The zero-order valence-electron chi connectivity index (χ0n) is 22.2. The number of ketones is 1. The molecule has 3 N–H and O–H groups in total. The fraction of sp³-hybridized carbons (Fsp3) is 0.346. The Bertz CT molecular complexity index is 1560. The SMILES string of the molecule is CCN(CCNS(C)(=O)=O)c1ccc(N=C2C=C(C(=O)NCCS(=O)(=O)O)C(=O)c3cccc(C)c32)c(C)c1. The summed E-state index contributed by atoms with van der Waals surface area (Å²) in [6.45, 7) is 6.73. The number of rotatable bonds is 11. The number of carbonyl (C=O) groups excluding carboxylic acids is 2. The van der Waals surface area contributed by atoms with Gasteiger partial charge in [0.1, 0.15) is 0 Å². The number of allylic oxidation sites excluding steroid dienone is 1. The second-order valence-corrected chi connectivity index (χ2v) is 12.5. The maximum absolute atomic E-state index is 13.1. The topological polar surface area (TPSA) is 162 Å². The third-order valence-corrected chi connectivity index (χ3v) is 7.55. The van der Waals surface area contributed by atoms with Crippen LogP contribution < -0.4 is 14.9 Å². The summed E-state index contributed by atoms with van der Waals surface area (Å²) in [5, 5.41) is 2.36. The zero-order valence-corrected chi connectivity index (χ0v) is 23.8. The maximum atomic E-state index is 13.1. The van der Waals surface area contributed by atoms with Gasteiger partial charge in [-0.3, -0.25) is 14.1 Å². The van der Waals surface area contributed by atoms with Gasteiger partial charge in [-0.2, -0.15) is 8.42 Å². The van der Waals surface area contributed by atoms with Gasteiger partial charge in [0.2, 0.25) is 10.0 Å². The Hall–Kier alpha value is -3.39. The molecule has 0 spiro atoms. The molecule has 2 aromatic carbocycles. The van der Waals surface area contributed by atoms with Gasteiger partial charge in [-0.1, -0.05) is 18.2 Å². The van der Waals surface area contributed by atoms with Crippen LogP contribution in [0.4, 0.5) is 11.4 Å². The normalized spacial score (nSPS) is 14.6. The number of sulfonamides is 1. The fourth-order valence-electron chi connectivity index (χ4n) is 4.19. The average molecular weight is 577 g/mol. The number of likely N-dealkylation sites (N-methyl/N-ethyl adjacent to an activating group) is 1. The van der Waals surface area contributed by atoms with E-state index in [1.165, 1.54) is 6.08 Å². The van der Waals surface area contributed by atoms with E-state index in [-0.39, 0.29) is 18.7 Å². The molecule has 0 bridgehead atoms. The molecule has 39 heavy (non-hydrogen) atoms. The van der Waals surface area contributed by atoms with Crippen LogP contribution in [0, 0.1) is 13.8 Å². The summed E-state index contributed by atoms with van der Waals surface area (Å²) in [6, 6.07) is 10.8. The van der Waals surface area contributed by atoms with Crippen LogP contribution in [0.5, 0.6) is 0 Å². The summed E-state index contributed by atoms with van der Waals surface area (Å²) >= 11 is 0. The quantitative estimate of drug-likeness (QED) is 0.270. The van der Waals surface area contributed by atoms with Crippen molar-refractivity contribution in [2.75, 3.05) is 43.1 Å². The van der Waals surface area contributed by atoms with Gasteiger partial charge in [0.15, 0.2) is 5.78 Å². The van der Waals surface area contributed by atoms with Crippen molar-refractivity contribution in [1.29, 1.82) is 0 Å². The molecular weight excluding hydrogens is 544 g/mol. The van der Waals surface area contributed by atoms with Crippen molar-refractivity contribution >= 4 is 48.9 Å². The van der Waals surface area contributed by atoms with Gasteiger partial charge in [0, 0.05) is 43.0 Å². The highest BCUT2D eigenvalue weighted by molar-refractivity contribution is 7.88. The number of anilines is 1. The first-order valence-electron chi connectivity index (χ1n) is 12.2. The first-order chi connectivity index (χ1) is 18.2. The van der Waals surface area contributed by atoms with Crippen LogP contribution in [-0.2, 0) is 24.9 Å². The van der Waals surface area contributed by atoms with Gasteiger partial charge >= 0.3 is 0 Å². The van der Waals surface area contributed by atoms with E-state index in [0.29, 0.717) is 35.6 Å². The van der Waals surface area contributed by atoms with E-state index >= 15 is 0 Å². The number of fused-ring (bicyclic) bond motifs is 1. The second-order valence-electron chi connectivity index (χ2n) is 9.14. The fourth-order valence-corrected chi connectivity index (χ4v) is 5.01. The summed E-state index contributed by atoms with van der Waals surface area (Å²) < 4.78 is 56.2. The highest BCUT2D eigenvalue weighted by atomic mass is 32.2. The highest BCUT2D eigenvalue weighted by Crippen LogP contribution is 2.30. The minimum Gasteiger partial charge on any atom is -0.370 e. The summed E-state index contributed by atoms with van der Waals surface area (Å²) in [5.74, 6) is -1.95. The molecule has 0 fully saturated rings. The number of aliphatic imine (C=N–C) groups is 1. The molecule has 11 nitrogen and oxygen atoms in total. The van der Waals surface area contributed by atoms with Crippen LogP contribution in [0.25, 0.3) is 0 Å². The number of benzene rings is 2. The Kier molecular flexibility index (Phi) is 9.43. The summed E-state index contributed by atoms with van der Waals surface area (Å²) in [5.41, 5.74) is 4.25. The molecule has 0 heterocycles. The third-order valence-electron chi connectivity index (χ3n) is 6.10. The smallest absolute Gasteiger partial charge is 0.266 e. The van der Waals surface area contributed by atoms with Crippen molar-refractivity contribution in [3.05, 3.63) is 70.3 Å². The number of nitrogens with one attached hydrogen (secondary N) is 2. The minimum atomic E-state index is -4.27. The zero-order chi connectivity index (χ0) is 29.0. The van der Waals surface area contributed by atoms with E-state index in [1.807, 2.05) is 49.9 Å². The van der Waals surface area contributed by atoms with Crippen molar-refractivity contribution in [1.82, 2.24) is 10.0 Å². The number of Topliss-reactive ketones (excluding diaryl/α,β-unsaturated/α-hetero) is 1. The van der Waals surface area contributed by atoms with Crippen LogP contribution in [0.3, 0.4) is 0 Å². The summed E-state index contributed by atoms with van der Waals surface area (Å²) in [7, 11) is -7.56. The molecule has 0 radical (unpaired) electrons. The van der Waals surface area contributed by atoms with Gasteiger partial charge in [-0.15, -0.1) is 0 Å². The van der Waals surface area contributed by atoms with E-state index in [9.17, 15) is 26.4 Å². The van der Waals surface area contributed by atoms with Crippen LogP contribution in [-0.4, -0.2) is 77.0 Å². The van der Waals surface area contributed by atoms with Crippen molar-refractivity contribution in [2.24, 2.45) is 4.99 Å². The lowest BCUT2D eigenvalue weighted by atomic mass is 9.86. The third kappa shape index (κ3) is 8.05. The Morgan fingerprint density at radius 1 is 1.05 bits per heavy atom. The number of amides is 1. The Labute approximate surface area is 228 Å². The average Bonchev–Trinajstić information content (AvgIpc) is 2.83. The van der Waals surface area contributed by atoms with E-state index in [0.717, 1.165) is 23.1 Å². The molecule has 1 amide bonds. The molecule has 210 valence electrons. The molecule has 0 aliphatic heterocycles. The molecule has 0 saturated carbocycles. The lowest BCUT2D eigenvalue weighted by Gasteiger charge is -2.24. The Morgan fingerprint density at radius 3 is 2.38 bits per heavy atom. The van der Waals surface area contributed by atoms with Crippen molar-refractivity contribution in [3.63, 3.8) is 0 Å². The van der Waals surface area contributed by atoms with E-state index in [1.54, 1.807) is 12.1 Å². The van der Waals surface area contributed by atoms with E-state index < -0.39 is 37.6 Å². The molecule has 0 saturated heterocycles. The van der Waals surface area contributed by atoms with Gasteiger partial charge in [0.25, 0.3) is 16.0 Å². The molecule has 2 aromatic rings. The van der Waals surface area contributed by atoms with Crippen molar-refractivity contribution in [2.45, 2.75) is 20.8 Å². The lowest BCUT2D eigenvalue weighted by Crippen LogP contribution is -2.34. The van der Waals surface area contributed by atoms with Crippen LogP contribution in [0.15, 0.2) is 53.0 Å². The molecule has 1 aliphatic rings. The Balaban J connectivity index is 1.96. The first-order valence-corrected chi connectivity index (χ1v) is 15.7. The minimum absolute atomic E-state index is 0.188. The number of carbonyl (C=O) groups is 2. The number of hydrogen-bond acceptors (Lipinski definition) is 8. The largest absolute Gasteiger partial charge is 0.370 e. The van der Waals surface area contributed by atoms with Crippen LogP contribution in [0.1, 0.15) is 34.0 Å². The molecule has 1 aliphatic carbocycles. The van der Waals surface area contributed by atoms with Crippen molar-refractivity contribution in [3.8, 4) is 0 Å². The number of nitrogens with zero attached hydrogens (tertiary/aromatic N) is 2. The summed E-state index contributed by atoms with van der Waals surface area (Å²) in [6.07, 6.45) is 2.51. The highest BCUT2D eigenvalue weighted by Gasteiger charge is 2.29. The van der Waals surface area contributed by atoms with Crippen molar-refractivity contribution < 1.29 is 31.0 Å². The molecule has 0 unspecified atom stereocenters. The van der Waals surface area contributed by atoms with Crippen LogP contribution >= 0.6 is 0 Å². The van der Waals surface area contributed by atoms with E-state index in [4.69, 9.17) is 9.55 Å². The Morgan fingerprint density at radius 2 is 1.77 bits per heavy atom. The molecule has 13 heteroatoms.